The fourth-order valence-electron chi connectivity index (χ4n) is 2.40. The van der Waals surface area contributed by atoms with E-state index in [-0.39, 0.29) is 5.92 Å². The highest BCUT2D eigenvalue weighted by Gasteiger charge is 2.35. The van der Waals surface area contributed by atoms with Crippen LogP contribution in [0, 0.1) is 5.92 Å². The molecule has 0 spiro atoms. The van der Waals surface area contributed by atoms with Crippen LogP contribution in [-0.2, 0) is 4.79 Å². The Morgan fingerprint density at radius 3 is 2.53 bits per heavy atom. The number of unbranched alkanes of at least 4 members (excludes halogenated alkanes) is 2. The molecule has 3 N–H and O–H groups in total. The fourth-order valence-corrected chi connectivity index (χ4v) is 2.40. The molecule has 1 rings (SSSR count). The summed E-state index contributed by atoms with van der Waals surface area (Å²) in [6.07, 6.45) is 5.96. The molecule has 0 aromatic heterocycles. The molecule has 0 bridgehead atoms. The summed E-state index contributed by atoms with van der Waals surface area (Å²) in [4.78, 5) is 10.8. The molecule has 0 radical (unpaired) electrons. The minimum absolute atomic E-state index is 0.254. The van der Waals surface area contributed by atoms with Crippen LogP contribution in [-0.4, -0.2) is 34.9 Å². The topological polar surface area (TPSA) is 69.6 Å². The summed E-state index contributed by atoms with van der Waals surface area (Å²) in [6.45, 7) is 3.71. The SMILES string of the molecule is CCCCCNCC1(O)CCC(C(=O)O)CC1. The van der Waals surface area contributed by atoms with E-state index in [0.717, 1.165) is 13.0 Å². The third kappa shape index (κ3) is 5.04. The van der Waals surface area contributed by atoms with Gasteiger partial charge in [0, 0.05) is 6.54 Å². The molecule has 4 heteroatoms. The molecule has 1 saturated carbocycles. The number of aliphatic carboxylic acids is 1. The summed E-state index contributed by atoms with van der Waals surface area (Å²) in [5, 5.41) is 22.4. The normalized spacial score (nSPS) is 29.2. The van der Waals surface area contributed by atoms with E-state index in [1.165, 1.54) is 12.8 Å². The second-order valence-corrected chi connectivity index (χ2v) is 5.22. The molecule has 100 valence electrons. The lowest BCUT2D eigenvalue weighted by Crippen LogP contribution is -2.44. The maximum atomic E-state index is 10.8. The van der Waals surface area contributed by atoms with Gasteiger partial charge in [-0.2, -0.15) is 0 Å². The van der Waals surface area contributed by atoms with Crippen LogP contribution in [0.5, 0.6) is 0 Å². The van der Waals surface area contributed by atoms with Gasteiger partial charge >= 0.3 is 5.97 Å². The zero-order valence-electron chi connectivity index (χ0n) is 10.7. The Morgan fingerprint density at radius 2 is 2.00 bits per heavy atom. The van der Waals surface area contributed by atoms with Crippen molar-refractivity contribution in [2.45, 2.75) is 57.5 Å². The molecule has 0 unspecified atom stereocenters. The number of carboxylic acid groups (broad SMARTS) is 1. The van der Waals surface area contributed by atoms with Crippen molar-refractivity contribution in [1.82, 2.24) is 5.32 Å². The van der Waals surface area contributed by atoms with Crippen LogP contribution in [0.1, 0.15) is 51.9 Å². The first kappa shape index (κ1) is 14.5. The minimum Gasteiger partial charge on any atom is -0.481 e. The Labute approximate surface area is 103 Å². The van der Waals surface area contributed by atoms with Gasteiger partial charge in [0.1, 0.15) is 0 Å². The summed E-state index contributed by atoms with van der Waals surface area (Å²) in [5.41, 5.74) is -0.682. The third-order valence-electron chi connectivity index (χ3n) is 3.68. The van der Waals surface area contributed by atoms with E-state index in [2.05, 4.69) is 12.2 Å². The average Bonchev–Trinajstić information content (AvgIpc) is 2.29. The predicted octanol–water partition coefficient (Wildman–Crippen LogP) is 1.77. The van der Waals surface area contributed by atoms with Crippen LogP contribution in [0.2, 0.25) is 0 Å². The van der Waals surface area contributed by atoms with Gasteiger partial charge in [-0.3, -0.25) is 4.79 Å². The van der Waals surface area contributed by atoms with E-state index >= 15 is 0 Å². The van der Waals surface area contributed by atoms with Crippen molar-refractivity contribution >= 4 is 5.97 Å². The second kappa shape index (κ2) is 6.97. The molecular formula is C13H25NO3. The first-order valence-electron chi connectivity index (χ1n) is 6.73. The molecule has 17 heavy (non-hydrogen) atoms. The van der Waals surface area contributed by atoms with Gasteiger partial charge in [-0.25, -0.2) is 0 Å². The summed E-state index contributed by atoms with van der Waals surface area (Å²) in [6, 6.07) is 0. The Bertz CT molecular complexity index is 235. The van der Waals surface area contributed by atoms with E-state index in [9.17, 15) is 9.90 Å². The largest absolute Gasteiger partial charge is 0.481 e. The van der Waals surface area contributed by atoms with Gasteiger partial charge in [0.25, 0.3) is 0 Å². The zero-order valence-corrected chi connectivity index (χ0v) is 10.7. The summed E-state index contributed by atoms with van der Waals surface area (Å²) in [7, 11) is 0. The van der Waals surface area contributed by atoms with Gasteiger partial charge in [-0.15, -0.1) is 0 Å². The molecular weight excluding hydrogens is 218 g/mol. The lowest BCUT2D eigenvalue weighted by molar-refractivity contribution is -0.144. The quantitative estimate of drug-likeness (QED) is 0.596. The first-order chi connectivity index (χ1) is 8.07. The molecule has 1 aliphatic carbocycles. The molecule has 0 heterocycles. The Balaban J connectivity index is 2.18. The average molecular weight is 243 g/mol. The van der Waals surface area contributed by atoms with Crippen molar-refractivity contribution in [2.75, 3.05) is 13.1 Å². The molecule has 0 aromatic carbocycles. The maximum Gasteiger partial charge on any atom is 0.306 e. The number of hydrogen-bond donors (Lipinski definition) is 3. The lowest BCUT2D eigenvalue weighted by atomic mass is 9.79. The van der Waals surface area contributed by atoms with Crippen molar-refractivity contribution in [2.24, 2.45) is 5.92 Å². The predicted molar refractivity (Wildman–Crippen MR) is 66.9 cm³/mol. The van der Waals surface area contributed by atoms with E-state index < -0.39 is 11.6 Å². The van der Waals surface area contributed by atoms with Crippen molar-refractivity contribution in [3.63, 3.8) is 0 Å². The fraction of sp³-hybridized carbons (Fsp3) is 0.923. The van der Waals surface area contributed by atoms with E-state index in [4.69, 9.17) is 5.11 Å². The molecule has 0 atom stereocenters. The molecule has 1 fully saturated rings. The second-order valence-electron chi connectivity index (χ2n) is 5.22. The van der Waals surface area contributed by atoms with Crippen molar-refractivity contribution in [1.29, 1.82) is 0 Å². The van der Waals surface area contributed by atoms with Crippen LogP contribution in [0.25, 0.3) is 0 Å². The van der Waals surface area contributed by atoms with Crippen molar-refractivity contribution in [3.8, 4) is 0 Å². The van der Waals surface area contributed by atoms with E-state index in [1.807, 2.05) is 0 Å². The Morgan fingerprint density at radius 1 is 1.35 bits per heavy atom. The van der Waals surface area contributed by atoms with Gasteiger partial charge in [0.2, 0.25) is 0 Å². The van der Waals surface area contributed by atoms with Crippen molar-refractivity contribution < 1.29 is 15.0 Å². The number of carboxylic acids is 1. The lowest BCUT2D eigenvalue weighted by Gasteiger charge is -2.34. The Hall–Kier alpha value is -0.610. The monoisotopic (exact) mass is 243 g/mol. The highest BCUT2D eigenvalue weighted by atomic mass is 16.4. The summed E-state index contributed by atoms with van der Waals surface area (Å²) < 4.78 is 0. The van der Waals surface area contributed by atoms with Gasteiger partial charge in [-0.05, 0) is 38.6 Å². The van der Waals surface area contributed by atoms with E-state index in [1.54, 1.807) is 0 Å². The van der Waals surface area contributed by atoms with Crippen LogP contribution in [0.15, 0.2) is 0 Å². The van der Waals surface area contributed by atoms with Crippen molar-refractivity contribution in [3.05, 3.63) is 0 Å². The third-order valence-corrected chi connectivity index (χ3v) is 3.68. The molecule has 0 amide bonds. The molecule has 1 aliphatic rings. The number of carbonyl (C=O) groups is 1. The maximum absolute atomic E-state index is 10.8. The standard InChI is InChI=1S/C13H25NO3/c1-2-3-4-9-14-10-13(17)7-5-11(6-8-13)12(15)16/h11,14,17H,2-10H2,1H3,(H,15,16). The number of hydrogen-bond acceptors (Lipinski definition) is 3. The highest BCUT2D eigenvalue weighted by molar-refractivity contribution is 5.70. The number of rotatable bonds is 7. The Kier molecular flexibility index (Phi) is 5.92. The molecule has 0 saturated heterocycles. The van der Waals surface area contributed by atoms with E-state index in [0.29, 0.717) is 32.2 Å². The smallest absolute Gasteiger partial charge is 0.306 e. The minimum atomic E-state index is -0.719. The number of nitrogens with one attached hydrogen (secondary N) is 1. The summed E-state index contributed by atoms with van der Waals surface area (Å²) in [5.74, 6) is -0.974. The van der Waals surface area contributed by atoms with Gasteiger partial charge in [0.05, 0.1) is 11.5 Å². The van der Waals surface area contributed by atoms with Crippen LogP contribution in [0.4, 0.5) is 0 Å². The first-order valence-corrected chi connectivity index (χ1v) is 6.73. The molecule has 0 aromatic rings. The molecule has 0 aliphatic heterocycles. The van der Waals surface area contributed by atoms with Crippen LogP contribution < -0.4 is 5.32 Å². The highest BCUT2D eigenvalue weighted by Crippen LogP contribution is 2.31. The zero-order chi connectivity index (χ0) is 12.7. The van der Waals surface area contributed by atoms with Crippen LogP contribution >= 0.6 is 0 Å². The molecule has 4 nitrogen and oxygen atoms in total. The van der Waals surface area contributed by atoms with Gasteiger partial charge in [0.15, 0.2) is 0 Å². The van der Waals surface area contributed by atoms with Gasteiger partial charge < -0.3 is 15.5 Å². The number of aliphatic hydroxyl groups is 1. The van der Waals surface area contributed by atoms with Gasteiger partial charge in [-0.1, -0.05) is 19.8 Å². The van der Waals surface area contributed by atoms with Crippen LogP contribution in [0.3, 0.4) is 0 Å². The summed E-state index contributed by atoms with van der Waals surface area (Å²) >= 11 is 0.